The first-order valence-electron chi connectivity index (χ1n) is 5.43. The first-order valence-corrected chi connectivity index (χ1v) is 5.43. The van der Waals surface area contributed by atoms with E-state index in [9.17, 15) is 18.0 Å². The minimum atomic E-state index is -4.67. The zero-order chi connectivity index (χ0) is 13.3. The van der Waals surface area contributed by atoms with Crippen LogP contribution in [0.25, 0.3) is 0 Å². The number of ether oxygens (including phenoxy) is 1. The van der Waals surface area contributed by atoms with Gasteiger partial charge in [-0.25, -0.2) is 0 Å². The molecular formula is C10H12F3N3O2. The summed E-state index contributed by atoms with van der Waals surface area (Å²) < 4.78 is 44.8. The van der Waals surface area contributed by atoms with Gasteiger partial charge < -0.3 is 10.5 Å². The van der Waals surface area contributed by atoms with Gasteiger partial charge in [-0.2, -0.15) is 18.3 Å². The second-order valence-corrected chi connectivity index (χ2v) is 4.08. The van der Waals surface area contributed by atoms with Crippen LogP contribution >= 0.6 is 0 Å². The lowest BCUT2D eigenvalue weighted by Crippen LogP contribution is -2.28. The number of halogens is 3. The molecular weight excluding hydrogens is 251 g/mol. The van der Waals surface area contributed by atoms with Gasteiger partial charge in [0.1, 0.15) is 0 Å². The molecule has 2 heterocycles. The zero-order valence-corrected chi connectivity index (χ0v) is 9.41. The van der Waals surface area contributed by atoms with Crippen LogP contribution in [0.2, 0.25) is 0 Å². The average Bonchev–Trinajstić information content (AvgIpc) is 2.74. The third-order valence-electron chi connectivity index (χ3n) is 2.81. The Bertz CT molecular complexity index is 450. The van der Waals surface area contributed by atoms with Crippen molar-refractivity contribution in [3.63, 3.8) is 0 Å². The highest BCUT2D eigenvalue weighted by Crippen LogP contribution is 2.34. The zero-order valence-electron chi connectivity index (χ0n) is 9.41. The van der Waals surface area contributed by atoms with Gasteiger partial charge in [-0.15, -0.1) is 0 Å². The fourth-order valence-corrected chi connectivity index (χ4v) is 2.02. The number of hydrogen-bond donors (Lipinski definition) is 1. The number of aromatic nitrogens is 2. The molecule has 0 radical (unpaired) electrons. The standard InChI is InChI=1S/C10H12F3N3O2/c11-10(12,13)8-7(9(14)17)4-15-16(8)6-2-1-3-18-5-6/h4,6H,1-3,5H2,(H2,14,17). The monoisotopic (exact) mass is 263 g/mol. The minimum absolute atomic E-state index is 0.156. The molecule has 8 heteroatoms. The molecule has 0 spiro atoms. The molecule has 100 valence electrons. The van der Waals surface area contributed by atoms with Crippen LogP contribution in [0.1, 0.15) is 34.9 Å². The van der Waals surface area contributed by atoms with Crippen molar-refractivity contribution >= 4 is 5.91 Å². The van der Waals surface area contributed by atoms with Crippen molar-refractivity contribution in [1.82, 2.24) is 9.78 Å². The van der Waals surface area contributed by atoms with Crippen molar-refractivity contribution in [2.75, 3.05) is 13.2 Å². The van der Waals surface area contributed by atoms with Gasteiger partial charge >= 0.3 is 6.18 Å². The third kappa shape index (κ3) is 2.33. The lowest BCUT2D eigenvalue weighted by molar-refractivity contribution is -0.146. The van der Waals surface area contributed by atoms with Crippen LogP contribution in [0, 0.1) is 0 Å². The van der Waals surface area contributed by atoms with Crippen molar-refractivity contribution in [2.24, 2.45) is 5.73 Å². The topological polar surface area (TPSA) is 70.1 Å². The summed E-state index contributed by atoms with van der Waals surface area (Å²) in [5.41, 5.74) is 3.23. The molecule has 1 amide bonds. The number of hydrogen-bond acceptors (Lipinski definition) is 3. The van der Waals surface area contributed by atoms with Crippen molar-refractivity contribution < 1.29 is 22.7 Å². The predicted octanol–water partition coefficient (Wildman–Crippen LogP) is 1.35. The molecule has 0 aliphatic carbocycles. The number of rotatable bonds is 2. The molecule has 1 aliphatic heterocycles. The van der Waals surface area contributed by atoms with Gasteiger partial charge in [-0.1, -0.05) is 0 Å². The lowest BCUT2D eigenvalue weighted by Gasteiger charge is -2.24. The first kappa shape index (κ1) is 12.9. The minimum Gasteiger partial charge on any atom is -0.379 e. The van der Waals surface area contributed by atoms with Gasteiger partial charge in [0.2, 0.25) is 0 Å². The maximum absolute atomic E-state index is 12.9. The van der Waals surface area contributed by atoms with E-state index in [4.69, 9.17) is 10.5 Å². The second kappa shape index (κ2) is 4.60. The van der Waals surface area contributed by atoms with Crippen LogP contribution in [0.4, 0.5) is 13.2 Å². The van der Waals surface area contributed by atoms with E-state index in [2.05, 4.69) is 5.10 Å². The molecule has 2 N–H and O–H groups in total. The summed E-state index contributed by atoms with van der Waals surface area (Å²) >= 11 is 0. The van der Waals surface area contributed by atoms with Crippen molar-refractivity contribution in [1.29, 1.82) is 0 Å². The van der Waals surface area contributed by atoms with Crippen molar-refractivity contribution in [3.8, 4) is 0 Å². The smallest absolute Gasteiger partial charge is 0.379 e. The Labute approximate surface area is 101 Å². The van der Waals surface area contributed by atoms with Crippen molar-refractivity contribution in [3.05, 3.63) is 17.5 Å². The number of carbonyl (C=O) groups is 1. The summed E-state index contributed by atoms with van der Waals surface area (Å²) in [6.45, 7) is 0.685. The third-order valence-corrected chi connectivity index (χ3v) is 2.81. The SMILES string of the molecule is NC(=O)c1cnn(C2CCCOC2)c1C(F)(F)F. The summed E-state index contributed by atoms with van der Waals surface area (Å²) in [4.78, 5) is 11.0. The molecule has 1 atom stereocenters. The number of nitrogens with two attached hydrogens (primary N) is 1. The summed E-state index contributed by atoms with van der Waals surface area (Å²) in [5, 5.41) is 3.64. The van der Waals surface area contributed by atoms with Crippen LogP contribution in [-0.4, -0.2) is 28.9 Å². The van der Waals surface area contributed by atoms with Crippen LogP contribution < -0.4 is 5.73 Å². The maximum Gasteiger partial charge on any atom is 0.433 e. The van der Waals surface area contributed by atoms with Gasteiger partial charge in [-0.05, 0) is 12.8 Å². The van der Waals surface area contributed by atoms with E-state index in [0.29, 0.717) is 19.4 Å². The largest absolute Gasteiger partial charge is 0.433 e. The lowest BCUT2D eigenvalue weighted by atomic mass is 10.1. The Hall–Kier alpha value is -1.57. The second-order valence-electron chi connectivity index (χ2n) is 4.08. The number of carbonyl (C=O) groups excluding carboxylic acids is 1. The van der Waals surface area contributed by atoms with Crippen LogP contribution in [0.5, 0.6) is 0 Å². The van der Waals surface area contributed by atoms with E-state index in [1.165, 1.54) is 0 Å². The molecule has 0 aromatic carbocycles. The van der Waals surface area contributed by atoms with E-state index in [0.717, 1.165) is 10.9 Å². The van der Waals surface area contributed by atoms with E-state index in [1.807, 2.05) is 0 Å². The summed E-state index contributed by atoms with van der Waals surface area (Å²) in [6.07, 6.45) is -2.62. The molecule has 1 aliphatic rings. The fraction of sp³-hybridized carbons (Fsp3) is 0.600. The van der Waals surface area contributed by atoms with Gasteiger partial charge in [0.15, 0.2) is 5.69 Å². The quantitative estimate of drug-likeness (QED) is 0.875. The molecule has 1 aromatic heterocycles. The summed E-state index contributed by atoms with van der Waals surface area (Å²) in [5.74, 6) is -1.13. The van der Waals surface area contributed by atoms with Crippen LogP contribution in [-0.2, 0) is 10.9 Å². The molecule has 0 bridgehead atoms. The summed E-state index contributed by atoms with van der Waals surface area (Å²) in [7, 11) is 0. The van der Waals surface area contributed by atoms with Gasteiger partial charge in [0.25, 0.3) is 5.91 Å². The van der Waals surface area contributed by atoms with Gasteiger partial charge in [-0.3, -0.25) is 9.48 Å². The number of primary amides is 1. The first-order chi connectivity index (χ1) is 8.41. The molecule has 18 heavy (non-hydrogen) atoms. The Kier molecular flexibility index (Phi) is 3.29. The number of alkyl halides is 3. The molecule has 2 rings (SSSR count). The average molecular weight is 263 g/mol. The highest BCUT2D eigenvalue weighted by molar-refractivity contribution is 5.93. The number of nitrogens with zero attached hydrogens (tertiary/aromatic N) is 2. The fourth-order valence-electron chi connectivity index (χ4n) is 2.02. The Morgan fingerprint density at radius 2 is 2.28 bits per heavy atom. The highest BCUT2D eigenvalue weighted by Gasteiger charge is 2.41. The predicted molar refractivity (Wildman–Crippen MR) is 54.8 cm³/mol. The van der Waals surface area contributed by atoms with E-state index in [1.54, 1.807) is 0 Å². The summed E-state index contributed by atoms with van der Waals surface area (Å²) in [6, 6.07) is -0.511. The maximum atomic E-state index is 12.9. The van der Waals surface area contributed by atoms with Crippen LogP contribution in [0.3, 0.4) is 0 Å². The van der Waals surface area contributed by atoms with Crippen LogP contribution in [0.15, 0.2) is 6.20 Å². The Morgan fingerprint density at radius 1 is 1.56 bits per heavy atom. The molecule has 1 aromatic rings. The molecule has 1 fully saturated rings. The van der Waals surface area contributed by atoms with Gasteiger partial charge in [0, 0.05) is 6.61 Å². The molecule has 5 nitrogen and oxygen atoms in total. The van der Waals surface area contributed by atoms with E-state index >= 15 is 0 Å². The van der Waals surface area contributed by atoms with Gasteiger partial charge in [0.05, 0.1) is 24.4 Å². The molecule has 0 saturated carbocycles. The van der Waals surface area contributed by atoms with E-state index in [-0.39, 0.29) is 6.61 Å². The molecule has 1 unspecified atom stereocenters. The van der Waals surface area contributed by atoms with Crippen molar-refractivity contribution in [2.45, 2.75) is 25.1 Å². The molecule has 1 saturated heterocycles. The highest BCUT2D eigenvalue weighted by atomic mass is 19.4. The normalized spacial score (nSPS) is 20.9. The van der Waals surface area contributed by atoms with E-state index < -0.39 is 29.4 Å². The Balaban J connectivity index is 2.44. The Morgan fingerprint density at radius 3 is 2.78 bits per heavy atom. The number of amides is 1.